The van der Waals surface area contributed by atoms with E-state index in [1.54, 1.807) is 24.3 Å². The summed E-state index contributed by atoms with van der Waals surface area (Å²) in [5.74, 6) is -1.33. The normalized spacial score (nSPS) is 31.6. The number of fused-ring (bicyclic) bond motifs is 5. The van der Waals surface area contributed by atoms with Crippen molar-refractivity contribution in [1.29, 1.82) is 0 Å². The number of Topliss-reactive ketones (excluding diaryl/α,β-unsaturated/α-hetero) is 1. The molecule has 2 heterocycles. The van der Waals surface area contributed by atoms with Crippen molar-refractivity contribution in [3.8, 4) is 11.1 Å². The summed E-state index contributed by atoms with van der Waals surface area (Å²) in [5, 5.41) is 11.3. The third kappa shape index (κ3) is 2.78. The number of aliphatic hydroxyl groups is 1. The van der Waals surface area contributed by atoms with E-state index >= 15 is 0 Å². The molecule has 0 spiro atoms. The van der Waals surface area contributed by atoms with Crippen molar-refractivity contribution in [3.05, 3.63) is 63.1 Å². The molecule has 5 rings (SSSR count). The molecule has 1 aliphatic carbocycles. The number of ketones is 1. The Bertz CT molecular complexity index is 1170. The molecule has 3 aliphatic rings. The minimum atomic E-state index is -0.608. The van der Waals surface area contributed by atoms with Gasteiger partial charge in [0.25, 0.3) is 0 Å². The molecule has 0 amide bonds. The van der Waals surface area contributed by atoms with Crippen molar-refractivity contribution in [2.75, 3.05) is 0 Å². The highest BCUT2D eigenvalue weighted by atomic mass is 35.5. The number of carbonyl (C=O) groups is 1. The van der Waals surface area contributed by atoms with Crippen molar-refractivity contribution >= 4 is 34.6 Å². The Morgan fingerprint density at radius 2 is 1.77 bits per heavy atom. The average Bonchev–Trinajstić information content (AvgIpc) is 3.29. The van der Waals surface area contributed by atoms with Crippen LogP contribution in [0.5, 0.6) is 0 Å². The van der Waals surface area contributed by atoms with Crippen LogP contribution in [0.25, 0.3) is 16.7 Å². The summed E-state index contributed by atoms with van der Waals surface area (Å²) in [6, 6.07) is 8.58. The number of halogens is 3. The maximum absolute atomic E-state index is 14.8. The number of aliphatic hydroxyl groups excluding tert-OH is 1. The second-order valence-electron chi connectivity index (χ2n) is 9.26. The molecule has 2 aromatic carbocycles. The molecule has 0 radical (unpaired) electrons. The Labute approximate surface area is 190 Å². The minimum absolute atomic E-state index is 0.0881. The van der Waals surface area contributed by atoms with Crippen LogP contribution >= 0.6 is 23.2 Å². The molecule has 3 nitrogen and oxygen atoms in total. The van der Waals surface area contributed by atoms with E-state index in [2.05, 4.69) is 0 Å². The fourth-order valence-electron chi connectivity index (χ4n) is 5.89. The molecule has 0 unspecified atom stereocenters. The Morgan fingerprint density at radius 1 is 1.10 bits per heavy atom. The smallest absolute Gasteiger partial charge is 0.173 e. The van der Waals surface area contributed by atoms with Gasteiger partial charge in [0.2, 0.25) is 0 Å². The number of allylic oxidation sites excluding steroid dienone is 1. The molecule has 2 fully saturated rings. The van der Waals surface area contributed by atoms with Crippen LogP contribution in [0, 0.1) is 17.7 Å². The minimum Gasteiger partial charge on any atom is -0.511 e. The van der Waals surface area contributed by atoms with Gasteiger partial charge in [-0.25, -0.2) is 4.39 Å². The van der Waals surface area contributed by atoms with Gasteiger partial charge in [-0.05, 0) is 68.0 Å². The molecule has 1 N–H and O–H groups in total. The van der Waals surface area contributed by atoms with Crippen LogP contribution in [0.4, 0.5) is 4.39 Å². The van der Waals surface area contributed by atoms with Crippen molar-refractivity contribution in [3.63, 3.8) is 0 Å². The van der Waals surface area contributed by atoms with Gasteiger partial charge in [-0.15, -0.1) is 0 Å². The predicted molar refractivity (Wildman–Crippen MR) is 120 cm³/mol. The average molecular weight is 461 g/mol. The van der Waals surface area contributed by atoms with Gasteiger partial charge in [-0.3, -0.25) is 4.79 Å². The van der Waals surface area contributed by atoms with E-state index in [-0.39, 0.29) is 27.5 Å². The van der Waals surface area contributed by atoms with Crippen LogP contribution < -0.4 is 0 Å². The van der Waals surface area contributed by atoms with Gasteiger partial charge in [-0.2, -0.15) is 0 Å². The molecular formula is C25H23Cl2FO3. The first-order valence-corrected chi connectivity index (χ1v) is 11.3. The summed E-state index contributed by atoms with van der Waals surface area (Å²) in [6.07, 6.45) is 2.28. The largest absolute Gasteiger partial charge is 0.511 e. The van der Waals surface area contributed by atoms with Gasteiger partial charge in [0.15, 0.2) is 11.6 Å². The topological polar surface area (TPSA) is 46.5 Å². The summed E-state index contributed by atoms with van der Waals surface area (Å²) in [5.41, 5.74) is 1.68. The zero-order valence-corrected chi connectivity index (χ0v) is 19.1. The Morgan fingerprint density at radius 3 is 2.42 bits per heavy atom. The molecule has 2 bridgehead atoms. The van der Waals surface area contributed by atoms with Gasteiger partial charge < -0.3 is 9.84 Å². The van der Waals surface area contributed by atoms with E-state index < -0.39 is 22.9 Å². The van der Waals surface area contributed by atoms with Crippen molar-refractivity contribution < 1.29 is 19.0 Å². The Kier molecular flexibility index (Phi) is 4.61. The molecule has 2 aliphatic heterocycles. The molecule has 4 atom stereocenters. The van der Waals surface area contributed by atoms with E-state index in [1.165, 1.54) is 0 Å². The van der Waals surface area contributed by atoms with Crippen LogP contribution in [0.3, 0.4) is 0 Å². The summed E-state index contributed by atoms with van der Waals surface area (Å²) < 4.78 is 21.1. The first-order valence-electron chi connectivity index (χ1n) is 10.6. The van der Waals surface area contributed by atoms with E-state index in [1.807, 2.05) is 26.8 Å². The molecule has 2 aromatic rings. The number of hydrogen-bond donors (Lipinski definition) is 1. The highest BCUT2D eigenvalue weighted by molar-refractivity contribution is 6.42. The molecule has 0 saturated carbocycles. The van der Waals surface area contributed by atoms with E-state index in [4.69, 9.17) is 27.9 Å². The lowest BCUT2D eigenvalue weighted by Gasteiger charge is -2.30. The maximum atomic E-state index is 14.8. The van der Waals surface area contributed by atoms with Crippen molar-refractivity contribution in [1.82, 2.24) is 0 Å². The highest BCUT2D eigenvalue weighted by Crippen LogP contribution is 2.63. The monoisotopic (exact) mass is 460 g/mol. The number of ether oxygens (including phenoxy) is 1. The van der Waals surface area contributed by atoms with Gasteiger partial charge >= 0.3 is 0 Å². The lowest BCUT2D eigenvalue weighted by molar-refractivity contribution is -0.121. The maximum Gasteiger partial charge on any atom is 0.173 e. The van der Waals surface area contributed by atoms with E-state index in [0.717, 1.165) is 18.4 Å². The van der Waals surface area contributed by atoms with Crippen LogP contribution in [-0.4, -0.2) is 22.1 Å². The molecule has 162 valence electrons. The van der Waals surface area contributed by atoms with Crippen LogP contribution in [0.2, 0.25) is 10.0 Å². The lowest BCUT2D eigenvalue weighted by Crippen LogP contribution is -2.39. The van der Waals surface area contributed by atoms with Crippen LogP contribution in [0.1, 0.15) is 44.7 Å². The number of hydrogen-bond acceptors (Lipinski definition) is 3. The van der Waals surface area contributed by atoms with Gasteiger partial charge in [-0.1, -0.05) is 42.3 Å². The third-order valence-electron chi connectivity index (χ3n) is 7.42. The van der Waals surface area contributed by atoms with Crippen LogP contribution in [-0.2, 0) is 16.0 Å². The van der Waals surface area contributed by atoms with E-state index in [0.29, 0.717) is 28.7 Å². The molecule has 31 heavy (non-hydrogen) atoms. The fraction of sp³-hybridized carbons (Fsp3) is 0.400. The first-order chi connectivity index (χ1) is 14.6. The lowest BCUT2D eigenvalue weighted by atomic mass is 9.68. The zero-order chi connectivity index (χ0) is 22.3. The Balaban J connectivity index is 1.68. The molecule has 2 saturated heterocycles. The first kappa shape index (κ1) is 21.0. The standard InChI is InChI=1S/C25H23Cl2FO3/c1-4-12-5-6-13(14-7-8-16(26)20(27)21(14)28)11-15(12)17-22(29)18-19(23(17)30)25(3)10-9-24(18,2)31-25/h5-8,11,18-19,29H,4,9-10H2,1-3H3/t18-,19+,24-,25+/m1/s1. The van der Waals surface area contributed by atoms with Crippen molar-refractivity contribution in [2.45, 2.75) is 51.2 Å². The summed E-state index contributed by atoms with van der Waals surface area (Å²) in [7, 11) is 0. The summed E-state index contributed by atoms with van der Waals surface area (Å²) >= 11 is 12.0. The summed E-state index contributed by atoms with van der Waals surface area (Å²) in [4.78, 5) is 13.6. The SMILES string of the molecule is CCc1ccc(-c2ccc(Cl)c(Cl)c2F)cc1C1=C(O)[C@H]2[C@@H](C1=O)[C@]1(C)CC[C@@]2(C)O1. The van der Waals surface area contributed by atoms with Gasteiger partial charge in [0, 0.05) is 5.56 Å². The predicted octanol–water partition coefficient (Wildman–Crippen LogP) is 6.79. The number of aryl methyl sites for hydroxylation is 1. The Hall–Kier alpha value is -1.88. The highest BCUT2D eigenvalue weighted by Gasteiger charge is 2.69. The molecule has 6 heteroatoms. The fourth-order valence-corrected chi connectivity index (χ4v) is 6.20. The molecule has 0 aromatic heterocycles. The quantitative estimate of drug-likeness (QED) is 0.512. The second kappa shape index (κ2) is 6.81. The zero-order valence-electron chi connectivity index (χ0n) is 17.6. The third-order valence-corrected chi connectivity index (χ3v) is 8.20. The van der Waals surface area contributed by atoms with Crippen LogP contribution in [0.15, 0.2) is 36.1 Å². The second-order valence-corrected chi connectivity index (χ2v) is 10.0. The number of carbonyl (C=O) groups excluding carboxylic acids is 1. The molecular weight excluding hydrogens is 438 g/mol. The van der Waals surface area contributed by atoms with Gasteiger partial charge in [0.05, 0.1) is 38.7 Å². The van der Waals surface area contributed by atoms with E-state index in [9.17, 15) is 14.3 Å². The van der Waals surface area contributed by atoms with Gasteiger partial charge in [0.1, 0.15) is 5.76 Å². The number of benzene rings is 2. The summed E-state index contributed by atoms with van der Waals surface area (Å²) in [6.45, 7) is 5.95. The number of rotatable bonds is 3. The van der Waals surface area contributed by atoms with Crippen molar-refractivity contribution in [2.24, 2.45) is 11.8 Å².